The minimum absolute atomic E-state index is 0.0876. The van der Waals surface area contributed by atoms with Crippen molar-refractivity contribution in [1.82, 2.24) is 9.97 Å². The predicted molar refractivity (Wildman–Crippen MR) is 83.5 cm³/mol. The molecule has 0 bridgehead atoms. The van der Waals surface area contributed by atoms with Gasteiger partial charge < -0.3 is 9.47 Å². The fourth-order valence-electron chi connectivity index (χ4n) is 1.98. The molecule has 21 heavy (non-hydrogen) atoms. The topological polar surface area (TPSA) is 44.2 Å². The van der Waals surface area contributed by atoms with Crippen LogP contribution in [0.15, 0.2) is 24.3 Å². The number of methoxy groups -OCH3 is 1. The number of hydrogen-bond acceptors (Lipinski definition) is 4. The standard InChI is InChI=1S/C16H19ClN2O2/c1-10-8-14(19-15(17)18-10)21-13-7-6-11(20-5)9-12(13)16(2,3)4/h6-9H,1-5H3. The van der Waals surface area contributed by atoms with Crippen molar-refractivity contribution < 1.29 is 9.47 Å². The monoisotopic (exact) mass is 306 g/mol. The van der Waals surface area contributed by atoms with Crippen LogP contribution in [0.25, 0.3) is 0 Å². The van der Waals surface area contributed by atoms with Crippen molar-refractivity contribution >= 4 is 11.6 Å². The van der Waals surface area contributed by atoms with Crippen molar-refractivity contribution in [1.29, 1.82) is 0 Å². The lowest BCUT2D eigenvalue weighted by Gasteiger charge is -2.23. The molecule has 5 heteroatoms. The molecule has 0 amide bonds. The summed E-state index contributed by atoms with van der Waals surface area (Å²) in [6.07, 6.45) is 0. The van der Waals surface area contributed by atoms with Gasteiger partial charge >= 0.3 is 0 Å². The van der Waals surface area contributed by atoms with Crippen LogP contribution in [0.3, 0.4) is 0 Å². The zero-order valence-electron chi connectivity index (χ0n) is 12.9. The highest BCUT2D eigenvalue weighted by atomic mass is 35.5. The van der Waals surface area contributed by atoms with Gasteiger partial charge in [0.25, 0.3) is 0 Å². The average molecular weight is 307 g/mol. The Bertz CT molecular complexity index is 631. The van der Waals surface area contributed by atoms with Gasteiger partial charge in [0, 0.05) is 17.3 Å². The number of ether oxygens (including phenoxy) is 2. The van der Waals surface area contributed by atoms with Crippen LogP contribution < -0.4 is 9.47 Å². The maximum atomic E-state index is 5.91. The molecule has 2 aromatic rings. The lowest BCUT2D eigenvalue weighted by Crippen LogP contribution is -2.13. The third kappa shape index (κ3) is 3.85. The molecule has 2 rings (SSSR count). The van der Waals surface area contributed by atoms with Gasteiger partial charge in [-0.15, -0.1) is 0 Å². The van der Waals surface area contributed by atoms with E-state index in [0.717, 1.165) is 22.8 Å². The summed E-state index contributed by atoms with van der Waals surface area (Å²) in [4.78, 5) is 8.12. The summed E-state index contributed by atoms with van der Waals surface area (Å²) in [6, 6.07) is 7.47. The lowest BCUT2D eigenvalue weighted by atomic mass is 9.86. The SMILES string of the molecule is COc1ccc(Oc2cc(C)nc(Cl)n2)c(C(C)(C)C)c1. The van der Waals surface area contributed by atoms with Crippen LogP contribution in [0.2, 0.25) is 5.28 Å². The highest BCUT2D eigenvalue weighted by molar-refractivity contribution is 6.28. The second-order valence-electron chi connectivity index (χ2n) is 5.83. The van der Waals surface area contributed by atoms with Gasteiger partial charge in [0.1, 0.15) is 11.5 Å². The Morgan fingerprint density at radius 1 is 1.10 bits per heavy atom. The molecule has 0 aliphatic heterocycles. The van der Waals surface area contributed by atoms with E-state index in [9.17, 15) is 0 Å². The zero-order chi connectivity index (χ0) is 15.6. The fourth-order valence-corrected chi connectivity index (χ4v) is 2.20. The number of halogens is 1. The molecular weight excluding hydrogens is 288 g/mol. The zero-order valence-corrected chi connectivity index (χ0v) is 13.7. The number of hydrogen-bond donors (Lipinski definition) is 0. The summed E-state index contributed by atoms with van der Waals surface area (Å²) in [5.41, 5.74) is 1.71. The second kappa shape index (κ2) is 5.90. The molecule has 0 unspecified atom stereocenters. The number of rotatable bonds is 3. The number of nitrogens with zero attached hydrogens (tertiary/aromatic N) is 2. The first kappa shape index (κ1) is 15.6. The molecule has 0 N–H and O–H groups in total. The summed E-state index contributed by atoms with van der Waals surface area (Å²) in [7, 11) is 1.65. The molecule has 0 saturated heterocycles. The van der Waals surface area contributed by atoms with Gasteiger partial charge in [-0.05, 0) is 42.1 Å². The highest BCUT2D eigenvalue weighted by Gasteiger charge is 2.21. The van der Waals surface area contributed by atoms with Crippen molar-refractivity contribution in [3.63, 3.8) is 0 Å². The summed E-state index contributed by atoms with van der Waals surface area (Å²) in [5, 5.41) is 0.177. The van der Waals surface area contributed by atoms with Crippen LogP contribution in [0.4, 0.5) is 0 Å². The third-order valence-corrected chi connectivity index (χ3v) is 3.18. The molecule has 0 saturated carbocycles. The van der Waals surface area contributed by atoms with E-state index in [-0.39, 0.29) is 10.7 Å². The van der Waals surface area contributed by atoms with E-state index in [1.54, 1.807) is 13.2 Å². The first-order chi connectivity index (χ1) is 9.79. The maximum Gasteiger partial charge on any atom is 0.225 e. The Hall–Kier alpha value is -1.81. The number of aryl methyl sites for hydroxylation is 1. The van der Waals surface area contributed by atoms with Gasteiger partial charge in [0.2, 0.25) is 11.2 Å². The van der Waals surface area contributed by atoms with Crippen molar-refractivity contribution in [2.75, 3.05) is 7.11 Å². The van der Waals surface area contributed by atoms with Gasteiger partial charge in [0.15, 0.2) is 0 Å². The summed E-state index contributed by atoms with van der Waals surface area (Å²) in [6.45, 7) is 8.20. The van der Waals surface area contributed by atoms with Crippen LogP contribution in [-0.2, 0) is 5.41 Å². The molecule has 1 aromatic heterocycles. The maximum absolute atomic E-state index is 5.91. The Kier molecular flexibility index (Phi) is 4.37. The van der Waals surface area contributed by atoms with E-state index in [0.29, 0.717) is 5.88 Å². The van der Waals surface area contributed by atoms with E-state index in [1.807, 2.05) is 25.1 Å². The molecule has 0 atom stereocenters. The molecule has 0 aliphatic carbocycles. The van der Waals surface area contributed by atoms with Crippen molar-refractivity contribution in [3.8, 4) is 17.4 Å². The average Bonchev–Trinajstić information content (AvgIpc) is 2.36. The molecule has 0 radical (unpaired) electrons. The van der Waals surface area contributed by atoms with Gasteiger partial charge in [0.05, 0.1) is 7.11 Å². The molecule has 1 heterocycles. The highest BCUT2D eigenvalue weighted by Crippen LogP contribution is 2.36. The largest absolute Gasteiger partial charge is 0.497 e. The van der Waals surface area contributed by atoms with Crippen LogP contribution >= 0.6 is 11.6 Å². The minimum Gasteiger partial charge on any atom is -0.497 e. The lowest BCUT2D eigenvalue weighted by molar-refractivity contribution is 0.405. The van der Waals surface area contributed by atoms with Crippen LogP contribution in [-0.4, -0.2) is 17.1 Å². The van der Waals surface area contributed by atoms with Crippen molar-refractivity contribution in [2.45, 2.75) is 33.1 Å². The Morgan fingerprint density at radius 3 is 2.38 bits per heavy atom. The predicted octanol–water partition coefficient (Wildman–Crippen LogP) is 4.54. The third-order valence-electron chi connectivity index (χ3n) is 3.01. The van der Waals surface area contributed by atoms with Crippen LogP contribution in [0.5, 0.6) is 17.4 Å². The molecule has 0 spiro atoms. The Labute approximate surface area is 130 Å². The summed E-state index contributed by atoms with van der Waals surface area (Å²) in [5.74, 6) is 1.96. The Morgan fingerprint density at radius 2 is 1.81 bits per heavy atom. The van der Waals surface area contributed by atoms with E-state index in [4.69, 9.17) is 21.1 Å². The molecule has 1 aromatic carbocycles. The number of benzene rings is 1. The van der Waals surface area contributed by atoms with Gasteiger partial charge in [-0.3, -0.25) is 0 Å². The minimum atomic E-state index is -0.0876. The Balaban J connectivity index is 2.43. The molecular formula is C16H19ClN2O2. The van der Waals surface area contributed by atoms with E-state index in [1.165, 1.54) is 0 Å². The normalized spacial score (nSPS) is 11.3. The summed E-state index contributed by atoms with van der Waals surface area (Å²) >= 11 is 5.87. The van der Waals surface area contributed by atoms with Crippen LogP contribution in [0, 0.1) is 6.92 Å². The molecule has 0 fully saturated rings. The molecule has 112 valence electrons. The van der Waals surface area contributed by atoms with Crippen molar-refractivity contribution in [3.05, 3.63) is 40.8 Å². The smallest absolute Gasteiger partial charge is 0.225 e. The van der Waals surface area contributed by atoms with Crippen molar-refractivity contribution in [2.24, 2.45) is 0 Å². The number of aromatic nitrogens is 2. The van der Waals surface area contributed by atoms with E-state index >= 15 is 0 Å². The first-order valence-electron chi connectivity index (χ1n) is 6.67. The van der Waals surface area contributed by atoms with Gasteiger partial charge in [-0.25, -0.2) is 4.98 Å². The van der Waals surface area contributed by atoms with Gasteiger partial charge in [-0.1, -0.05) is 20.8 Å². The molecule has 0 aliphatic rings. The fraction of sp³-hybridized carbons (Fsp3) is 0.375. The van der Waals surface area contributed by atoms with Crippen LogP contribution in [0.1, 0.15) is 32.0 Å². The quantitative estimate of drug-likeness (QED) is 0.781. The van der Waals surface area contributed by atoms with E-state index in [2.05, 4.69) is 30.7 Å². The molecule has 4 nitrogen and oxygen atoms in total. The summed E-state index contributed by atoms with van der Waals surface area (Å²) < 4.78 is 11.2. The first-order valence-corrected chi connectivity index (χ1v) is 7.05. The second-order valence-corrected chi connectivity index (χ2v) is 6.17. The van der Waals surface area contributed by atoms with Gasteiger partial charge in [-0.2, -0.15) is 4.98 Å². The van der Waals surface area contributed by atoms with E-state index < -0.39 is 0 Å².